The molecular formula is C9H16N6O. The summed E-state index contributed by atoms with van der Waals surface area (Å²) in [5, 5.41) is 19.6. The van der Waals surface area contributed by atoms with Crippen molar-refractivity contribution in [1.82, 2.24) is 31.3 Å². The summed E-state index contributed by atoms with van der Waals surface area (Å²) in [4.78, 5) is 11.9. The van der Waals surface area contributed by atoms with Crippen molar-refractivity contribution in [3.63, 3.8) is 0 Å². The number of nitrogens with zero attached hydrogens (tertiary/aromatic N) is 3. The van der Waals surface area contributed by atoms with Crippen molar-refractivity contribution in [1.29, 1.82) is 0 Å². The molecule has 16 heavy (non-hydrogen) atoms. The molecule has 1 saturated heterocycles. The van der Waals surface area contributed by atoms with Gasteiger partial charge in [-0.3, -0.25) is 4.79 Å². The number of H-pyrrole nitrogens is 1. The van der Waals surface area contributed by atoms with E-state index >= 15 is 0 Å². The summed E-state index contributed by atoms with van der Waals surface area (Å²) < 4.78 is 0. The fraction of sp³-hybridized carbons (Fsp3) is 0.778. The van der Waals surface area contributed by atoms with Crippen molar-refractivity contribution in [2.45, 2.75) is 25.8 Å². The van der Waals surface area contributed by atoms with Crippen LogP contribution in [0.2, 0.25) is 0 Å². The fourth-order valence-electron chi connectivity index (χ4n) is 1.82. The van der Waals surface area contributed by atoms with Crippen molar-refractivity contribution >= 4 is 5.91 Å². The van der Waals surface area contributed by atoms with Gasteiger partial charge in [-0.05, 0) is 26.3 Å². The maximum Gasteiger partial charge on any atom is 0.224 e. The molecule has 1 aromatic heterocycles. The van der Waals surface area contributed by atoms with Crippen molar-refractivity contribution in [3.05, 3.63) is 5.82 Å². The van der Waals surface area contributed by atoms with Crippen LogP contribution in [0.1, 0.15) is 31.6 Å². The Hall–Kier alpha value is -1.50. The molecule has 88 valence electrons. The molecule has 1 amide bonds. The molecule has 2 atom stereocenters. The van der Waals surface area contributed by atoms with Gasteiger partial charge in [-0.25, -0.2) is 0 Å². The third-order valence-electron chi connectivity index (χ3n) is 2.78. The Morgan fingerprint density at radius 3 is 3.12 bits per heavy atom. The van der Waals surface area contributed by atoms with E-state index in [1.165, 1.54) is 0 Å². The monoisotopic (exact) mass is 224 g/mol. The first-order valence-corrected chi connectivity index (χ1v) is 5.52. The average molecular weight is 224 g/mol. The summed E-state index contributed by atoms with van der Waals surface area (Å²) >= 11 is 0. The van der Waals surface area contributed by atoms with Crippen LogP contribution in [0.5, 0.6) is 0 Å². The lowest BCUT2D eigenvalue weighted by Gasteiger charge is -2.23. The molecule has 7 heteroatoms. The van der Waals surface area contributed by atoms with Crippen molar-refractivity contribution in [2.24, 2.45) is 5.92 Å². The molecule has 0 saturated carbocycles. The first-order chi connectivity index (χ1) is 7.77. The van der Waals surface area contributed by atoms with Crippen LogP contribution in [0.25, 0.3) is 0 Å². The number of carbonyl (C=O) groups excluding carboxylic acids is 1. The molecular weight excluding hydrogens is 208 g/mol. The first kappa shape index (κ1) is 11.0. The summed E-state index contributed by atoms with van der Waals surface area (Å²) in [6, 6.07) is -0.201. The van der Waals surface area contributed by atoms with E-state index in [0.29, 0.717) is 5.82 Å². The van der Waals surface area contributed by atoms with E-state index < -0.39 is 0 Å². The highest BCUT2D eigenvalue weighted by Gasteiger charge is 2.23. The number of hydrogen-bond donors (Lipinski definition) is 3. The summed E-state index contributed by atoms with van der Waals surface area (Å²) in [5.41, 5.74) is 0. The lowest BCUT2D eigenvalue weighted by Crippen LogP contribution is -2.41. The Morgan fingerprint density at radius 2 is 2.50 bits per heavy atom. The summed E-state index contributed by atoms with van der Waals surface area (Å²) in [6.07, 6.45) is 1.99. The normalized spacial score (nSPS) is 22.7. The quantitative estimate of drug-likeness (QED) is 0.635. The molecule has 0 aliphatic carbocycles. The molecule has 1 aliphatic heterocycles. The van der Waals surface area contributed by atoms with E-state index in [-0.39, 0.29) is 17.9 Å². The smallest absolute Gasteiger partial charge is 0.224 e. The summed E-state index contributed by atoms with van der Waals surface area (Å²) in [5.74, 6) is 0.629. The molecule has 0 spiro atoms. The van der Waals surface area contributed by atoms with Gasteiger partial charge in [-0.1, -0.05) is 5.21 Å². The van der Waals surface area contributed by atoms with Gasteiger partial charge < -0.3 is 10.6 Å². The third kappa shape index (κ3) is 2.54. The average Bonchev–Trinajstić information content (AvgIpc) is 2.83. The predicted molar refractivity (Wildman–Crippen MR) is 56.3 cm³/mol. The number of rotatable bonds is 3. The van der Waals surface area contributed by atoms with Gasteiger partial charge in [0.1, 0.15) is 0 Å². The standard InChI is InChI=1S/C9H16N6O/c1-6(8-12-14-15-13-8)11-9(16)7-3-2-4-10-5-7/h6-7,10H,2-5H2,1H3,(H,11,16)(H,12,13,14,15)/t6?,7-/m1/s1. The molecule has 7 nitrogen and oxygen atoms in total. The molecule has 0 aromatic carbocycles. The Balaban J connectivity index is 1.86. The summed E-state index contributed by atoms with van der Waals surface area (Å²) in [7, 11) is 0. The molecule has 0 radical (unpaired) electrons. The van der Waals surface area contributed by atoms with Crippen molar-refractivity contribution < 1.29 is 4.79 Å². The second-order valence-electron chi connectivity index (χ2n) is 4.04. The van der Waals surface area contributed by atoms with E-state index in [1.54, 1.807) is 0 Å². The fourth-order valence-corrected chi connectivity index (χ4v) is 1.82. The molecule has 1 fully saturated rings. The lowest BCUT2D eigenvalue weighted by atomic mass is 9.98. The number of nitrogens with one attached hydrogen (secondary N) is 3. The molecule has 1 unspecified atom stereocenters. The van der Waals surface area contributed by atoms with Gasteiger partial charge in [-0.2, -0.15) is 5.21 Å². The topological polar surface area (TPSA) is 95.6 Å². The Bertz CT molecular complexity index is 332. The number of tetrazole rings is 1. The zero-order chi connectivity index (χ0) is 11.4. The highest BCUT2D eigenvalue weighted by Crippen LogP contribution is 2.12. The number of aromatic amines is 1. The molecule has 2 rings (SSSR count). The third-order valence-corrected chi connectivity index (χ3v) is 2.78. The molecule has 2 heterocycles. The van der Waals surface area contributed by atoms with Gasteiger partial charge in [0.2, 0.25) is 5.91 Å². The van der Waals surface area contributed by atoms with Crippen LogP contribution in [0, 0.1) is 5.92 Å². The second-order valence-corrected chi connectivity index (χ2v) is 4.04. The van der Waals surface area contributed by atoms with Gasteiger partial charge in [0.05, 0.1) is 12.0 Å². The minimum Gasteiger partial charge on any atom is -0.346 e. The van der Waals surface area contributed by atoms with E-state index in [1.807, 2.05) is 6.92 Å². The van der Waals surface area contributed by atoms with Crippen molar-refractivity contribution in [2.75, 3.05) is 13.1 Å². The predicted octanol–water partition coefficient (Wildman–Crippen LogP) is -0.623. The maximum absolute atomic E-state index is 11.9. The highest BCUT2D eigenvalue weighted by molar-refractivity contribution is 5.79. The lowest BCUT2D eigenvalue weighted by molar-refractivity contribution is -0.126. The van der Waals surface area contributed by atoms with Gasteiger partial charge in [0, 0.05) is 6.54 Å². The molecule has 1 aliphatic rings. The number of carbonyl (C=O) groups is 1. The van der Waals surface area contributed by atoms with Gasteiger partial charge in [0.25, 0.3) is 0 Å². The Morgan fingerprint density at radius 1 is 1.62 bits per heavy atom. The molecule has 0 bridgehead atoms. The number of hydrogen-bond acceptors (Lipinski definition) is 5. The first-order valence-electron chi connectivity index (χ1n) is 5.52. The highest BCUT2D eigenvalue weighted by atomic mass is 16.2. The van der Waals surface area contributed by atoms with E-state index in [9.17, 15) is 4.79 Å². The van der Waals surface area contributed by atoms with Crippen LogP contribution in [-0.2, 0) is 4.79 Å². The van der Waals surface area contributed by atoms with Crippen LogP contribution in [0.4, 0.5) is 0 Å². The van der Waals surface area contributed by atoms with Gasteiger partial charge in [-0.15, -0.1) is 10.2 Å². The van der Waals surface area contributed by atoms with Crippen LogP contribution in [0.3, 0.4) is 0 Å². The largest absolute Gasteiger partial charge is 0.346 e. The number of aromatic nitrogens is 4. The summed E-state index contributed by atoms with van der Waals surface area (Å²) in [6.45, 7) is 3.61. The van der Waals surface area contributed by atoms with E-state index in [0.717, 1.165) is 25.9 Å². The number of amides is 1. The SMILES string of the molecule is CC(NC(=O)[C@@H]1CCCNC1)c1nn[nH]n1. The molecule has 1 aromatic rings. The number of piperidine rings is 1. The zero-order valence-electron chi connectivity index (χ0n) is 9.23. The minimum absolute atomic E-state index is 0.0584. The Kier molecular flexibility index (Phi) is 3.45. The van der Waals surface area contributed by atoms with E-state index in [4.69, 9.17) is 0 Å². The maximum atomic E-state index is 11.9. The van der Waals surface area contributed by atoms with Gasteiger partial charge in [0.15, 0.2) is 5.82 Å². The second kappa shape index (κ2) is 5.02. The molecule has 3 N–H and O–H groups in total. The van der Waals surface area contributed by atoms with Crippen LogP contribution >= 0.6 is 0 Å². The van der Waals surface area contributed by atoms with Gasteiger partial charge >= 0.3 is 0 Å². The van der Waals surface area contributed by atoms with Crippen LogP contribution in [-0.4, -0.2) is 39.6 Å². The van der Waals surface area contributed by atoms with Crippen LogP contribution < -0.4 is 10.6 Å². The van der Waals surface area contributed by atoms with Crippen molar-refractivity contribution in [3.8, 4) is 0 Å². The van der Waals surface area contributed by atoms with Crippen LogP contribution in [0.15, 0.2) is 0 Å². The Labute approximate surface area is 93.4 Å². The van der Waals surface area contributed by atoms with E-state index in [2.05, 4.69) is 31.3 Å². The minimum atomic E-state index is -0.201. The zero-order valence-corrected chi connectivity index (χ0v) is 9.23.